The fourth-order valence-electron chi connectivity index (χ4n) is 3.89. The van der Waals surface area contributed by atoms with Crippen molar-refractivity contribution in [2.45, 2.75) is 19.9 Å². The van der Waals surface area contributed by atoms with Crippen LogP contribution in [0.2, 0.25) is 0 Å². The first-order chi connectivity index (χ1) is 13.7. The molecule has 0 atom stereocenters. The molecular weight excluding hydrogens is 355 g/mol. The van der Waals surface area contributed by atoms with E-state index in [-0.39, 0.29) is 11.5 Å². The minimum Gasteiger partial charge on any atom is -0.336 e. The number of benzene rings is 1. The average molecular weight is 380 g/mol. The third kappa shape index (κ3) is 3.64. The maximum absolute atomic E-state index is 13.9. The van der Waals surface area contributed by atoms with Crippen molar-refractivity contribution in [1.82, 2.24) is 19.4 Å². The Balaban J connectivity index is 1.35. The van der Waals surface area contributed by atoms with Gasteiger partial charge in [-0.3, -0.25) is 9.69 Å². The lowest BCUT2D eigenvalue weighted by molar-refractivity contribution is 0.0634. The Morgan fingerprint density at radius 2 is 1.89 bits per heavy atom. The van der Waals surface area contributed by atoms with Crippen LogP contribution >= 0.6 is 0 Å². The second kappa shape index (κ2) is 8.10. The summed E-state index contributed by atoms with van der Waals surface area (Å²) in [5, 5.41) is 1.22. The molecule has 1 saturated heterocycles. The fourth-order valence-corrected chi connectivity index (χ4v) is 3.89. The van der Waals surface area contributed by atoms with E-state index in [2.05, 4.69) is 33.6 Å². The van der Waals surface area contributed by atoms with Crippen LogP contribution < -0.4 is 0 Å². The third-order valence-electron chi connectivity index (χ3n) is 5.52. The summed E-state index contributed by atoms with van der Waals surface area (Å²) in [4.78, 5) is 21.2. The largest absolute Gasteiger partial charge is 0.336 e. The SMILES string of the molecule is CCn1cc(CCN2CCN(C(=O)c3ccccc3F)CC2)c2cccnc21. The summed E-state index contributed by atoms with van der Waals surface area (Å²) in [7, 11) is 0. The molecule has 1 aliphatic rings. The van der Waals surface area contributed by atoms with E-state index in [1.165, 1.54) is 17.0 Å². The van der Waals surface area contributed by atoms with Gasteiger partial charge in [-0.1, -0.05) is 12.1 Å². The van der Waals surface area contributed by atoms with Crippen molar-refractivity contribution in [1.29, 1.82) is 0 Å². The number of hydrogen-bond donors (Lipinski definition) is 0. The number of halogens is 1. The van der Waals surface area contributed by atoms with Crippen molar-refractivity contribution >= 4 is 16.9 Å². The zero-order valence-corrected chi connectivity index (χ0v) is 16.1. The highest BCUT2D eigenvalue weighted by Crippen LogP contribution is 2.20. The number of rotatable bonds is 5. The van der Waals surface area contributed by atoms with Crippen LogP contribution in [0.4, 0.5) is 4.39 Å². The molecular formula is C22H25FN4O. The monoisotopic (exact) mass is 380 g/mol. The lowest BCUT2D eigenvalue weighted by Gasteiger charge is -2.34. The molecule has 1 fully saturated rings. The molecule has 146 valence electrons. The van der Waals surface area contributed by atoms with E-state index in [1.54, 1.807) is 23.1 Å². The highest BCUT2D eigenvalue weighted by molar-refractivity contribution is 5.94. The zero-order valence-electron chi connectivity index (χ0n) is 16.1. The normalized spacial score (nSPS) is 15.3. The Morgan fingerprint density at radius 3 is 2.64 bits per heavy atom. The van der Waals surface area contributed by atoms with E-state index in [1.807, 2.05) is 12.3 Å². The second-order valence-corrected chi connectivity index (χ2v) is 7.18. The molecule has 4 rings (SSSR count). The summed E-state index contributed by atoms with van der Waals surface area (Å²) >= 11 is 0. The summed E-state index contributed by atoms with van der Waals surface area (Å²) in [6.45, 7) is 6.86. The van der Waals surface area contributed by atoms with Gasteiger partial charge in [0.25, 0.3) is 5.91 Å². The number of pyridine rings is 1. The quantitative estimate of drug-likeness (QED) is 0.683. The molecule has 3 heterocycles. The van der Waals surface area contributed by atoms with Gasteiger partial charge in [0.05, 0.1) is 5.56 Å². The van der Waals surface area contributed by atoms with Crippen LogP contribution in [0, 0.1) is 5.82 Å². The molecule has 0 aliphatic carbocycles. The van der Waals surface area contributed by atoms with Crippen LogP contribution in [0.3, 0.4) is 0 Å². The Kier molecular flexibility index (Phi) is 5.39. The van der Waals surface area contributed by atoms with E-state index in [0.29, 0.717) is 13.1 Å². The maximum Gasteiger partial charge on any atom is 0.256 e. The van der Waals surface area contributed by atoms with Gasteiger partial charge in [0.15, 0.2) is 0 Å². The summed E-state index contributed by atoms with van der Waals surface area (Å²) < 4.78 is 16.1. The molecule has 1 aromatic carbocycles. The number of nitrogens with zero attached hydrogens (tertiary/aromatic N) is 4. The summed E-state index contributed by atoms with van der Waals surface area (Å²) in [6.07, 6.45) is 5.00. The van der Waals surface area contributed by atoms with E-state index in [0.717, 1.165) is 38.2 Å². The standard InChI is InChI=1S/C22H25FN4O/c1-2-26-16-17(18-7-5-10-24-21(18)26)9-11-25-12-14-27(15-13-25)22(28)19-6-3-4-8-20(19)23/h3-8,10,16H,2,9,11-15H2,1H3. The number of aromatic nitrogens is 2. The Labute approximate surface area is 164 Å². The Hall–Kier alpha value is -2.73. The molecule has 3 aromatic rings. The number of carbonyl (C=O) groups excluding carboxylic acids is 1. The molecule has 2 aromatic heterocycles. The minimum absolute atomic E-state index is 0.163. The lowest BCUT2D eigenvalue weighted by atomic mass is 10.1. The van der Waals surface area contributed by atoms with Gasteiger partial charge in [-0.05, 0) is 43.2 Å². The molecule has 6 heteroatoms. The minimum atomic E-state index is -0.448. The van der Waals surface area contributed by atoms with Gasteiger partial charge in [-0.15, -0.1) is 0 Å². The zero-order chi connectivity index (χ0) is 19.5. The van der Waals surface area contributed by atoms with E-state index in [4.69, 9.17) is 0 Å². The molecule has 28 heavy (non-hydrogen) atoms. The number of hydrogen-bond acceptors (Lipinski definition) is 3. The summed E-state index contributed by atoms with van der Waals surface area (Å²) in [6, 6.07) is 10.3. The van der Waals surface area contributed by atoms with Gasteiger partial charge in [0.2, 0.25) is 0 Å². The van der Waals surface area contributed by atoms with Crippen LogP contribution in [-0.4, -0.2) is 58.0 Å². The topological polar surface area (TPSA) is 41.4 Å². The highest BCUT2D eigenvalue weighted by Gasteiger charge is 2.24. The molecule has 1 amide bonds. The van der Waals surface area contributed by atoms with Gasteiger partial charge in [-0.2, -0.15) is 0 Å². The van der Waals surface area contributed by atoms with E-state index < -0.39 is 5.82 Å². The first-order valence-corrected chi connectivity index (χ1v) is 9.86. The summed E-state index contributed by atoms with van der Waals surface area (Å²) in [5.41, 5.74) is 2.52. The maximum atomic E-state index is 13.9. The van der Waals surface area contributed by atoms with Gasteiger partial charge >= 0.3 is 0 Å². The number of carbonyl (C=O) groups is 1. The predicted molar refractivity (Wildman–Crippen MR) is 108 cm³/mol. The Bertz CT molecular complexity index is 976. The third-order valence-corrected chi connectivity index (χ3v) is 5.52. The van der Waals surface area contributed by atoms with Crippen LogP contribution in [-0.2, 0) is 13.0 Å². The summed E-state index contributed by atoms with van der Waals surface area (Å²) in [5.74, 6) is -0.661. The van der Waals surface area contributed by atoms with Crippen LogP contribution in [0.1, 0.15) is 22.8 Å². The first-order valence-electron chi connectivity index (χ1n) is 9.86. The van der Waals surface area contributed by atoms with Crippen LogP contribution in [0.5, 0.6) is 0 Å². The molecule has 0 spiro atoms. The van der Waals surface area contributed by atoms with Gasteiger partial charge in [0, 0.05) is 57.0 Å². The molecule has 0 unspecified atom stereocenters. The predicted octanol–water partition coefficient (Wildman–Crippen LogP) is 3.20. The van der Waals surface area contributed by atoms with Crippen LogP contribution in [0.15, 0.2) is 48.8 Å². The first kappa shape index (κ1) is 18.6. The van der Waals surface area contributed by atoms with Crippen molar-refractivity contribution in [2.75, 3.05) is 32.7 Å². The molecule has 0 radical (unpaired) electrons. The van der Waals surface area contributed by atoms with Gasteiger partial charge in [0.1, 0.15) is 11.5 Å². The van der Waals surface area contributed by atoms with Crippen molar-refractivity contribution < 1.29 is 9.18 Å². The van der Waals surface area contributed by atoms with Crippen molar-refractivity contribution in [3.63, 3.8) is 0 Å². The average Bonchev–Trinajstić information content (AvgIpc) is 3.10. The number of aryl methyl sites for hydroxylation is 1. The highest BCUT2D eigenvalue weighted by atomic mass is 19.1. The molecule has 1 aliphatic heterocycles. The number of fused-ring (bicyclic) bond motifs is 1. The van der Waals surface area contributed by atoms with E-state index >= 15 is 0 Å². The molecule has 0 saturated carbocycles. The van der Waals surface area contributed by atoms with Crippen molar-refractivity contribution in [2.24, 2.45) is 0 Å². The molecule has 0 N–H and O–H groups in total. The van der Waals surface area contributed by atoms with Crippen LogP contribution in [0.25, 0.3) is 11.0 Å². The number of amides is 1. The Morgan fingerprint density at radius 1 is 1.11 bits per heavy atom. The van der Waals surface area contributed by atoms with Gasteiger partial charge in [-0.25, -0.2) is 9.37 Å². The molecule has 5 nitrogen and oxygen atoms in total. The van der Waals surface area contributed by atoms with Crippen molar-refractivity contribution in [3.8, 4) is 0 Å². The smallest absolute Gasteiger partial charge is 0.256 e. The number of piperazine rings is 1. The molecule has 0 bridgehead atoms. The lowest BCUT2D eigenvalue weighted by Crippen LogP contribution is -2.49. The van der Waals surface area contributed by atoms with Crippen molar-refractivity contribution in [3.05, 3.63) is 65.7 Å². The fraction of sp³-hybridized carbons (Fsp3) is 0.364. The second-order valence-electron chi connectivity index (χ2n) is 7.18. The van der Waals surface area contributed by atoms with E-state index in [9.17, 15) is 9.18 Å². The van der Waals surface area contributed by atoms with Gasteiger partial charge < -0.3 is 9.47 Å².